The van der Waals surface area contributed by atoms with E-state index in [0.29, 0.717) is 48.6 Å². The monoisotopic (exact) mass is 442 g/mol. The summed E-state index contributed by atoms with van der Waals surface area (Å²) in [4.78, 5) is 44.1. The lowest BCUT2D eigenvalue weighted by Crippen LogP contribution is -2.41. The van der Waals surface area contributed by atoms with Crippen LogP contribution in [-0.2, 0) is 19.1 Å². The third kappa shape index (κ3) is 4.19. The molecule has 2 heterocycles. The van der Waals surface area contributed by atoms with Crippen LogP contribution in [0.5, 0.6) is 0 Å². The highest BCUT2D eigenvalue weighted by molar-refractivity contribution is 6.15. The molecule has 1 aromatic heterocycles. The molecule has 32 heavy (non-hydrogen) atoms. The first kappa shape index (κ1) is 22.2. The molecule has 168 valence electrons. The molecule has 1 aliphatic heterocycles. The number of aromatic nitrogens is 1. The quantitative estimate of drug-likeness (QED) is 0.680. The molecule has 2 unspecified atom stereocenters. The molecule has 0 bridgehead atoms. The highest BCUT2D eigenvalue weighted by Gasteiger charge is 2.44. The molecule has 0 N–H and O–H groups in total. The van der Waals surface area contributed by atoms with Crippen LogP contribution in [0.15, 0.2) is 24.4 Å². The van der Waals surface area contributed by atoms with Crippen LogP contribution in [0, 0.1) is 31.4 Å². The van der Waals surface area contributed by atoms with Gasteiger partial charge in [-0.25, -0.2) is 8.78 Å². The molecule has 0 radical (unpaired) electrons. The number of Topliss-reactive ketones (excluding diaryl/α,β-unsaturated/α-hetero) is 2. The Morgan fingerprint density at radius 3 is 2.41 bits per heavy atom. The molecule has 4 rings (SSSR count). The Balaban J connectivity index is 1.58. The minimum Gasteiger partial charge on any atom is -0.378 e. The first-order valence-electron chi connectivity index (χ1n) is 10.6. The number of ether oxygens (including phenoxy) is 1. The number of benzene rings is 1. The number of nitrogens with zero attached hydrogens (tertiary/aromatic N) is 2. The number of carbonyl (C=O) groups is 3. The zero-order valence-corrected chi connectivity index (χ0v) is 18.0. The summed E-state index contributed by atoms with van der Waals surface area (Å²) < 4.78 is 32.7. The van der Waals surface area contributed by atoms with Gasteiger partial charge in [-0.15, -0.1) is 0 Å². The van der Waals surface area contributed by atoms with Crippen LogP contribution >= 0.6 is 0 Å². The fourth-order valence-corrected chi connectivity index (χ4v) is 4.68. The number of hydrogen-bond donors (Lipinski definition) is 0. The van der Waals surface area contributed by atoms with Crippen LogP contribution in [0.3, 0.4) is 0 Å². The number of hydrogen-bond acceptors (Lipinski definition) is 5. The van der Waals surface area contributed by atoms with Gasteiger partial charge in [-0.3, -0.25) is 19.4 Å². The Morgan fingerprint density at radius 1 is 1.12 bits per heavy atom. The molecular weight excluding hydrogens is 418 g/mol. The van der Waals surface area contributed by atoms with E-state index in [1.165, 1.54) is 0 Å². The van der Waals surface area contributed by atoms with Gasteiger partial charge in [0.2, 0.25) is 5.91 Å². The van der Waals surface area contributed by atoms with Gasteiger partial charge in [-0.2, -0.15) is 0 Å². The first-order valence-corrected chi connectivity index (χ1v) is 10.6. The number of ketones is 2. The second-order valence-electron chi connectivity index (χ2n) is 8.41. The third-order valence-corrected chi connectivity index (χ3v) is 6.20. The zero-order chi connectivity index (χ0) is 23.0. The van der Waals surface area contributed by atoms with Crippen molar-refractivity contribution in [1.82, 2.24) is 9.88 Å². The summed E-state index contributed by atoms with van der Waals surface area (Å²) >= 11 is 0. The number of rotatable bonds is 4. The van der Waals surface area contributed by atoms with E-state index < -0.39 is 23.5 Å². The molecule has 1 saturated heterocycles. The van der Waals surface area contributed by atoms with Gasteiger partial charge >= 0.3 is 0 Å². The Bertz CT molecular complexity index is 1070. The van der Waals surface area contributed by atoms with E-state index in [-0.39, 0.29) is 36.0 Å². The number of carbonyl (C=O) groups excluding carboxylic acids is 3. The van der Waals surface area contributed by atoms with Crippen molar-refractivity contribution in [3.63, 3.8) is 0 Å². The van der Waals surface area contributed by atoms with Crippen molar-refractivity contribution in [2.24, 2.45) is 5.92 Å². The molecule has 1 aliphatic carbocycles. The number of pyridine rings is 1. The molecular formula is C24H24F2N2O4. The lowest BCUT2D eigenvalue weighted by molar-refractivity contribution is -0.138. The van der Waals surface area contributed by atoms with E-state index in [2.05, 4.69) is 4.98 Å². The summed E-state index contributed by atoms with van der Waals surface area (Å²) in [5.74, 6) is -3.72. The molecule has 1 aromatic carbocycles. The predicted molar refractivity (Wildman–Crippen MR) is 112 cm³/mol. The van der Waals surface area contributed by atoms with Gasteiger partial charge in [-0.1, -0.05) is 0 Å². The van der Waals surface area contributed by atoms with Crippen molar-refractivity contribution in [2.75, 3.05) is 26.3 Å². The summed E-state index contributed by atoms with van der Waals surface area (Å²) in [7, 11) is 0. The summed E-state index contributed by atoms with van der Waals surface area (Å²) in [6.07, 6.45) is 0.993. The zero-order valence-electron chi connectivity index (χ0n) is 18.0. The molecule has 6 nitrogen and oxygen atoms in total. The molecule has 2 aliphatic rings. The largest absolute Gasteiger partial charge is 0.378 e. The number of morpholine rings is 1. The van der Waals surface area contributed by atoms with E-state index >= 15 is 0 Å². The van der Waals surface area contributed by atoms with E-state index in [4.69, 9.17) is 4.74 Å². The van der Waals surface area contributed by atoms with Crippen LogP contribution in [0.25, 0.3) is 11.3 Å². The minimum absolute atomic E-state index is 0.00205. The molecule has 8 heteroatoms. The normalized spacial score (nSPS) is 21.3. The van der Waals surface area contributed by atoms with Gasteiger partial charge in [0.1, 0.15) is 23.2 Å². The van der Waals surface area contributed by atoms with Crippen LogP contribution in [-0.4, -0.2) is 53.7 Å². The fraction of sp³-hybridized carbons (Fsp3) is 0.417. The summed E-state index contributed by atoms with van der Waals surface area (Å²) in [6, 6.07) is 4.07. The van der Waals surface area contributed by atoms with Gasteiger partial charge in [0.05, 0.1) is 19.4 Å². The van der Waals surface area contributed by atoms with Crippen LogP contribution in [0.1, 0.15) is 35.4 Å². The van der Waals surface area contributed by atoms with Crippen molar-refractivity contribution in [1.29, 1.82) is 0 Å². The number of halogens is 2. The second-order valence-corrected chi connectivity index (χ2v) is 8.41. The van der Waals surface area contributed by atoms with Crippen molar-refractivity contribution in [3.05, 3.63) is 52.7 Å². The maximum atomic E-state index is 14.2. The van der Waals surface area contributed by atoms with Crippen LogP contribution < -0.4 is 0 Å². The summed E-state index contributed by atoms with van der Waals surface area (Å²) in [5, 5.41) is 0. The first-order chi connectivity index (χ1) is 15.3. The van der Waals surface area contributed by atoms with Crippen LogP contribution in [0.2, 0.25) is 0 Å². The molecule has 1 amide bonds. The Labute approximate surface area is 184 Å². The summed E-state index contributed by atoms with van der Waals surface area (Å²) in [6.45, 7) is 5.43. The summed E-state index contributed by atoms with van der Waals surface area (Å²) in [5.41, 5.74) is 2.34. The number of aryl methyl sites for hydroxylation is 2. The fourth-order valence-electron chi connectivity index (χ4n) is 4.68. The average Bonchev–Trinajstić information content (AvgIpc) is 3.01. The number of amides is 1. The smallest absolute Gasteiger partial charge is 0.223 e. The lowest BCUT2D eigenvalue weighted by atomic mass is 9.85. The van der Waals surface area contributed by atoms with Crippen molar-refractivity contribution in [2.45, 2.75) is 32.6 Å². The average molecular weight is 442 g/mol. The molecule has 0 spiro atoms. The second kappa shape index (κ2) is 8.86. The highest BCUT2D eigenvalue weighted by atomic mass is 19.1. The molecule has 2 aromatic rings. The third-order valence-electron chi connectivity index (χ3n) is 6.20. The van der Waals surface area contributed by atoms with Gasteiger partial charge in [-0.05, 0) is 42.7 Å². The highest BCUT2D eigenvalue weighted by Crippen LogP contribution is 2.39. The van der Waals surface area contributed by atoms with Crippen molar-refractivity contribution < 1.29 is 27.9 Å². The maximum absolute atomic E-state index is 14.2. The van der Waals surface area contributed by atoms with Crippen LogP contribution in [0.4, 0.5) is 8.78 Å². The maximum Gasteiger partial charge on any atom is 0.223 e. The minimum atomic E-state index is -0.933. The van der Waals surface area contributed by atoms with E-state index in [1.54, 1.807) is 30.9 Å². The molecule has 2 fully saturated rings. The lowest BCUT2D eigenvalue weighted by Gasteiger charge is -2.27. The topological polar surface area (TPSA) is 76.6 Å². The molecule has 1 saturated carbocycles. The van der Waals surface area contributed by atoms with Gasteiger partial charge in [0, 0.05) is 43.5 Å². The van der Waals surface area contributed by atoms with Crippen molar-refractivity contribution in [3.8, 4) is 11.3 Å². The Kier molecular flexibility index (Phi) is 6.15. The van der Waals surface area contributed by atoms with Crippen molar-refractivity contribution >= 4 is 17.5 Å². The van der Waals surface area contributed by atoms with E-state index in [1.807, 2.05) is 0 Å². The van der Waals surface area contributed by atoms with Gasteiger partial charge in [0.15, 0.2) is 11.6 Å². The SMILES string of the molecule is Cc1cc(-c2ncc(F)cc2F)cc(C)c1C1C(=O)CC(CC(=O)N2CCOCC2)C1=O. The van der Waals surface area contributed by atoms with E-state index in [0.717, 1.165) is 12.3 Å². The van der Waals surface area contributed by atoms with E-state index in [9.17, 15) is 23.2 Å². The van der Waals surface area contributed by atoms with Gasteiger partial charge in [0.25, 0.3) is 0 Å². The van der Waals surface area contributed by atoms with Gasteiger partial charge < -0.3 is 9.64 Å². The standard InChI is InChI=1S/C24H24F2N2O4/c1-13-7-15(23-18(26)11-17(25)12-27-23)8-14(2)21(13)22-19(29)9-16(24(22)31)10-20(30)28-3-5-32-6-4-28/h7-8,11-12,16,22H,3-6,9-10H2,1-2H3. The predicted octanol–water partition coefficient (Wildman–Crippen LogP) is 3.13. The Morgan fingerprint density at radius 2 is 1.78 bits per heavy atom. The molecule has 2 atom stereocenters. The Hall–Kier alpha value is -3.00.